The Balaban J connectivity index is 1.97. The number of methoxy groups -OCH3 is 2. The third kappa shape index (κ3) is 4.14. The van der Waals surface area contributed by atoms with Gasteiger partial charge in [0.25, 0.3) is 0 Å². The molecule has 3 nitrogen and oxygen atoms in total. The van der Waals surface area contributed by atoms with Crippen molar-refractivity contribution in [3.8, 4) is 5.75 Å². The van der Waals surface area contributed by atoms with Gasteiger partial charge in [-0.1, -0.05) is 6.07 Å². The summed E-state index contributed by atoms with van der Waals surface area (Å²) in [6.07, 6.45) is 1.35. The molecule has 20 heavy (non-hydrogen) atoms. The van der Waals surface area contributed by atoms with Crippen molar-refractivity contribution in [3.05, 3.63) is 29.3 Å². The molecule has 1 saturated heterocycles. The molecular weight excluding hydrogens is 270 g/mol. The minimum absolute atomic E-state index is 0.363. The van der Waals surface area contributed by atoms with Crippen LogP contribution in [0.3, 0.4) is 0 Å². The quantitative estimate of drug-likeness (QED) is 0.836. The number of nitrogens with one attached hydrogen (secondary N) is 1. The molecule has 1 heterocycles. The van der Waals surface area contributed by atoms with Crippen LogP contribution in [0.2, 0.25) is 0 Å². The van der Waals surface area contributed by atoms with Gasteiger partial charge in [0.05, 0.1) is 13.7 Å². The summed E-state index contributed by atoms with van der Waals surface area (Å²) in [5, 5.41) is 3.65. The number of ether oxygens (including phenoxy) is 2. The zero-order valence-electron chi connectivity index (χ0n) is 12.6. The van der Waals surface area contributed by atoms with Gasteiger partial charge in [0.15, 0.2) is 0 Å². The molecule has 1 aliphatic rings. The van der Waals surface area contributed by atoms with Crippen molar-refractivity contribution in [2.75, 3.05) is 32.3 Å². The lowest BCUT2D eigenvalue weighted by Gasteiger charge is -2.19. The highest BCUT2D eigenvalue weighted by Crippen LogP contribution is 2.26. The largest absolute Gasteiger partial charge is 0.496 e. The highest BCUT2D eigenvalue weighted by atomic mass is 32.2. The SMILES string of the molecule is COCc1cc(C(C)NCC2CCSC2)ccc1OC. The molecule has 4 heteroatoms. The molecule has 0 aliphatic carbocycles. The Bertz CT molecular complexity index is 419. The van der Waals surface area contributed by atoms with Crippen molar-refractivity contribution in [2.45, 2.75) is 26.0 Å². The second-order valence-electron chi connectivity index (χ2n) is 5.36. The number of benzene rings is 1. The number of hydrogen-bond donors (Lipinski definition) is 1. The Morgan fingerprint density at radius 1 is 1.40 bits per heavy atom. The van der Waals surface area contributed by atoms with Crippen LogP contribution in [0.1, 0.15) is 30.5 Å². The molecule has 0 amide bonds. The van der Waals surface area contributed by atoms with Gasteiger partial charge in [-0.25, -0.2) is 0 Å². The van der Waals surface area contributed by atoms with E-state index >= 15 is 0 Å². The summed E-state index contributed by atoms with van der Waals surface area (Å²) < 4.78 is 10.6. The lowest BCUT2D eigenvalue weighted by Crippen LogP contribution is -2.25. The molecular formula is C16H25NO2S. The van der Waals surface area contributed by atoms with E-state index in [9.17, 15) is 0 Å². The molecule has 2 unspecified atom stereocenters. The minimum atomic E-state index is 0.363. The molecule has 0 bridgehead atoms. The van der Waals surface area contributed by atoms with E-state index in [4.69, 9.17) is 9.47 Å². The summed E-state index contributed by atoms with van der Waals surface area (Å²) >= 11 is 2.07. The molecule has 112 valence electrons. The minimum Gasteiger partial charge on any atom is -0.496 e. The maximum atomic E-state index is 5.37. The Labute approximate surface area is 126 Å². The van der Waals surface area contributed by atoms with Crippen molar-refractivity contribution < 1.29 is 9.47 Å². The van der Waals surface area contributed by atoms with E-state index in [0.29, 0.717) is 12.6 Å². The van der Waals surface area contributed by atoms with Gasteiger partial charge in [0, 0.05) is 18.7 Å². The predicted molar refractivity (Wildman–Crippen MR) is 85.6 cm³/mol. The highest BCUT2D eigenvalue weighted by molar-refractivity contribution is 7.99. The molecule has 2 rings (SSSR count). The first-order valence-corrected chi connectivity index (χ1v) is 8.37. The smallest absolute Gasteiger partial charge is 0.124 e. The fraction of sp³-hybridized carbons (Fsp3) is 0.625. The van der Waals surface area contributed by atoms with Crippen LogP contribution in [0.25, 0.3) is 0 Å². The molecule has 1 aromatic carbocycles. The number of hydrogen-bond acceptors (Lipinski definition) is 4. The lowest BCUT2D eigenvalue weighted by atomic mass is 10.0. The summed E-state index contributed by atoms with van der Waals surface area (Å²) in [6, 6.07) is 6.72. The van der Waals surface area contributed by atoms with Gasteiger partial charge in [0.2, 0.25) is 0 Å². The van der Waals surface area contributed by atoms with Crippen LogP contribution < -0.4 is 10.1 Å². The van der Waals surface area contributed by atoms with Crippen LogP contribution in [0, 0.1) is 5.92 Å². The third-order valence-corrected chi connectivity index (χ3v) is 5.07. The number of thioether (sulfide) groups is 1. The first-order valence-electron chi connectivity index (χ1n) is 7.21. The van der Waals surface area contributed by atoms with Gasteiger partial charge < -0.3 is 14.8 Å². The van der Waals surface area contributed by atoms with E-state index < -0.39 is 0 Å². The number of rotatable bonds is 7. The second kappa shape index (κ2) is 7.91. The van der Waals surface area contributed by atoms with E-state index in [-0.39, 0.29) is 0 Å². The molecule has 0 saturated carbocycles. The Kier molecular flexibility index (Phi) is 6.20. The first kappa shape index (κ1) is 15.7. The molecule has 1 N–H and O–H groups in total. The highest BCUT2D eigenvalue weighted by Gasteiger charge is 2.17. The Hall–Kier alpha value is -0.710. The van der Waals surface area contributed by atoms with Gasteiger partial charge in [-0.15, -0.1) is 0 Å². The predicted octanol–water partition coefficient (Wildman–Crippen LogP) is 3.25. The van der Waals surface area contributed by atoms with Crippen molar-refractivity contribution in [3.63, 3.8) is 0 Å². The molecule has 1 aliphatic heterocycles. The average Bonchev–Trinajstić information content (AvgIpc) is 2.98. The van der Waals surface area contributed by atoms with Gasteiger partial charge in [0.1, 0.15) is 5.75 Å². The van der Waals surface area contributed by atoms with Crippen LogP contribution in [-0.4, -0.2) is 32.3 Å². The lowest BCUT2D eigenvalue weighted by molar-refractivity contribution is 0.181. The van der Waals surface area contributed by atoms with Crippen molar-refractivity contribution >= 4 is 11.8 Å². The van der Waals surface area contributed by atoms with E-state index in [1.807, 2.05) is 6.07 Å². The van der Waals surface area contributed by atoms with E-state index in [0.717, 1.165) is 23.8 Å². The zero-order chi connectivity index (χ0) is 14.4. The maximum absolute atomic E-state index is 5.37. The van der Waals surface area contributed by atoms with E-state index in [2.05, 4.69) is 36.1 Å². The van der Waals surface area contributed by atoms with Gasteiger partial charge in [-0.05, 0) is 55.0 Å². The topological polar surface area (TPSA) is 30.5 Å². The van der Waals surface area contributed by atoms with Crippen molar-refractivity contribution in [1.82, 2.24) is 5.32 Å². The molecule has 1 fully saturated rings. The van der Waals surface area contributed by atoms with Crippen LogP contribution in [0.5, 0.6) is 5.75 Å². The summed E-state index contributed by atoms with van der Waals surface area (Å²) in [5.74, 6) is 4.35. The zero-order valence-corrected chi connectivity index (χ0v) is 13.5. The third-order valence-electron chi connectivity index (χ3n) is 3.84. The van der Waals surface area contributed by atoms with Crippen LogP contribution in [0.15, 0.2) is 18.2 Å². The summed E-state index contributed by atoms with van der Waals surface area (Å²) in [4.78, 5) is 0. The van der Waals surface area contributed by atoms with Crippen molar-refractivity contribution in [2.24, 2.45) is 5.92 Å². The monoisotopic (exact) mass is 295 g/mol. The molecule has 0 spiro atoms. The molecule has 0 radical (unpaired) electrons. The normalized spacial score (nSPS) is 20.1. The summed E-state index contributed by atoms with van der Waals surface area (Å²) in [7, 11) is 3.42. The van der Waals surface area contributed by atoms with Gasteiger partial charge in [-0.2, -0.15) is 11.8 Å². The molecule has 2 atom stereocenters. The van der Waals surface area contributed by atoms with E-state index in [1.54, 1.807) is 14.2 Å². The van der Waals surface area contributed by atoms with Crippen LogP contribution in [0.4, 0.5) is 0 Å². The molecule has 1 aromatic rings. The summed E-state index contributed by atoms with van der Waals surface area (Å²) in [5.41, 5.74) is 2.40. The average molecular weight is 295 g/mol. The van der Waals surface area contributed by atoms with E-state index in [1.165, 1.54) is 23.5 Å². The van der Waals surface area contributed by atoms with Gasteiger partial charge >= 0.3 is 0 Å². The Morgan fingerprint density at radius 3 is 2.90 bits per heavy atom. The van der Waals surface area contributed by atoms with Crippen molar-refractivity contribution in [1.29, 1.82) is 0 Å². The van der Waals surface area contributed by atoms with Crippen LogP contribution in [-0.2, 0) is 11.3 Å². The standard InChI is InChI=1S/C16H25NO2S/c1-12(17-9-13-6-7-20-11-13)14-4-5-16(19-3)15(8-14)10-18-2/h4-5,8,12-13,17H,6-7,9-11H2,1-3H3. The maximum Gasteiger partial charge on any atom is 0.124 e. The first-order chi connectivity index (χ1) is 9.74. The van der Waals surface area contributed by atoms with Crippen LogP contribution >= 0.6 is 11.8 Å². The molecule has 0 aromatic heterocycles. The van der Waals surface area contributed by atoms with Gasteiger partial charge in [-0.3, -0.25) is 0 Å². The Morgan fingerprint density at radius 2 is 2.25 bits per heavy atom. The fourth-order valence-corrected chi connectivity index (χ4v) is 3.83. The fourth-order valence-electron chi connectivity index (χ4n) is 2.54. The second-order valence-corrected chi connectivity index (χ2v) is 6.51. The summed E-state index contributed by atoms with van der Waals surface area (Å²) in [6.45, 7) is 3.92.